The van der Waals surface area contributed by atoms with Crippen molar-refractivity contribution in [2.75, 3.05) is 7.11 Å². The Labute approximate surface area is 150 Å². The van der Waals surface area contributed by atoms with Gasteiger partial charge >= 0.3 is 0 Å². The van der Waals surface area contributed by atoms with E-state index < -0.39 is 22.7 Å². The highest BCUT2D eigenvalue weighted by molar-refractivity contribution is 6.26. The van der Waals surface area contributed by atoms with Gasteiger partial charge in [0.1, 0.15) is 17.6 Å². The molecule has 0 radical (unpaired) electrons. The second-order valence-corrected chi connectivity index (χ2v) is 7.46. The topological polar surface area (TPSA) is 96.2 Å². The Balaban J connectivity index is 2.34. The van der Waals surface area contributed by atoms with Crippen LogP contribution in [0.25, 0.3) is 16.3 Å². The largest absolute Gasteiger partial charge is 0.507 e. The van der Waals surface area contributed by atoms with Crippen molar-refractivity contribution >= 4 is 22.1 Å². The van der Waals surface area contributed by atoms with Gasteiger partial charge in [-0.2, -0.15) is 0 Å². The predicted molar refractivity (Wildman–Crippen MR) is 96.6 cm³/mol. The first-order valence-corrected chi connectivity index (χ1v) is 8.37. The Morgan fingerprint density at radius 1 is 1.08 bits per heavy atom. The molecule has 4 rings (SSSR count). The molecule has 0 saturated heterocycles. The van der Waals surface area contributed by atoms with Crippen LogP contribution < -0.4 is 9.47 Å². The van der Waals surface area contributed by atoms with E-state index in [0.717, 1.165) is 0 Å². The lowest BCUT2D eigenvalue weighted by Crippen LogP contribution is -2.28. The molecule has 0 saturated carbocycles. The van der Waals surface area contributed by atoms with Gasteiger partial charge in [0, 0.05) is 21.9 Å². The third-order valence-corrected chi connectivity index (χ3v) is 5.73. The molecule has 2 aromatic rings. The van der Waals surface area contributed by atoms with Gasteiger partial charge in [-0.15, -0.1) is 0 Å². The molecule has 0 fully saturated rings. The number of ether oxygens (including phenoxy) is 2. The first-order valence-electron chi connectivity index (χ1n) is 8.37. The number of carbonyl (C=O) groups is 1. The van der Waals surface area contributed by atoms with Crippen LogP contribution in [0.1, 0.15) is 49.2 Å². The predicted octanol–water partition coefficient (Wildman–Crippen LogP) is 3.62. The summed E-state index contributed by atoms with van der Waals surface area (Å²) >= 11 is 0. The van der Waals surface area contributed by atoms with Crippen molar-refractivity contribution in [3.05, 3.63) is 22.8 Å². The molecule has 1 unspecified atom stereocenters. The zero-order chi connectivity index (χ0) is 19.1. The summed E-state index contributed by atoms with van der Waals surface area (Å²) in [6.07, 6.45) is 1.20. The van der Waals surface area contributed by atoms with Crippen LogP contribution in [0, 0.1) is 0 Å². The standard InChI is InChI=1S/C20H20O6/c1-7-6-9(21)11-12-10(7)18-14(20(3,4)8(2)26-18)15(22)13(12)17(24)19(25-5)16(11)23/h6,8,22-24H,1-5H3. The normalized spacial score (nSPS) is 20.0. The SMILES string of the molecule is COc1c(O)c2c3c(c4c(c(O)c3c1O)C(C)(C)C(C)O4)C(C)=CC2=O. The maximum atomic E-state index is 12.6. The van der Waals surface area contributed by atoms with Crippen LogP contribution in [0.15, 0.2) is 6.08 Å². The van der Waals surface area contributed by atoms with Crippen molar-refractivity contribution in [3.8, 4) is 28.7 Å². The number of phenols is 3. The van der Waals surface area contributed by atoms with Crippen LogP contribution in [0.5, 0.6) is 28.7 Å². The van der Waals surface area contributed by atoms with Gasteiger partial charge < -0.3 is 24.8 Å². The molecule has 6 heteroatoms. The number of methoxy groups -OCH3 is 1. The molecule has 1 heterocycles. The number of hydrogen-bond acceptors (Lipinski definition) is 6. The Hall–Kier alpha value is -2.89. The number of benzene rings is 2. The molecule has 1 atom stereocenters. The summed E-state index contributed by atoms with van der Waals surface area (Å²) in [4.78, 5) is 12.6. The zero-order valence-corrected chi connectivity index (χ0v) is 15.2. The molecule has 2 aromatic carbocycles. The number of hydrogen-bond donors (Lipinski definition) is 3. The van der Waals surface area contributed by atoms with Crippen LogP contribution >= 0.6 is 0 Å². The molecule has 3 N–H and O–H groups in total. The van der Waals surface area contributed by atoms with Crippen molar-refractivity contribution in [2.45, 2.75) is 39.2 Å². The summed E-state index contributed by atoms with van der Waals surface area (Å²) in [5, 5.41) is 32.6. The highest BCUT2D eigenvalue weighted by Gasteiger charge is 2.46. The molecule has 26 heavy (non-hydrogen) atoms. The minimum Gasteiger partial charge on any atom is -0.507 e. The number of rotatable bonds is 1. The number of fused-ring (bicyclic) bond motifs is 2. The number of carbonyl (C=O) groups excluding carboxylic acids is 1. The molecule has 6 nitrogen and oxygen atoms in total. The summed E-state index contributed by atoms with van der Waals surface area (Å²) in [6, 6.07) is 0. The van der Waals surface area contributed by atoms with Crippen LogP contribution in [-0.2, 0) is 5.41 Å². The molecular weight excluding hydrogens is 336 g/mol. The molecular formula is C20H20O6. The van der Waals surface area contributed by atoms with E-state index in [1.54, 1.807) is 6.92 Å². The fourth-order valence-electron chi connectivity index (χ4n) is 4.05. The lowest BCUT2D eigenvalue weighted by Gasteiger charge is -2.25. The third kappa shape index (κ3) is 1.69. The third-order valence-electron chi connectivity index (χ3n) is 5.73. The van der Waals surface area contributed by atoms with Gasteiger partial charge in [0.05, 0.1) is 18.1 Å². The zero-order valence-electron chi connectivity index (χ0n) is 15.2. The minimum absolute atomic E-state index is 0.00527. The van der Waals surface area contributed by atoms with Crippen molar-refractivity contribution < 1.29 is 29.6 Å². The number of allylic oxidation sites excluding steroid dienone is 2. The van der Waals surface area contributed by atoms with Gasteiger partial charge in [-0.1, -0.05) is 13.8 Å². The minimum atomic E-state index is -0.510. The quantitative estimate of drug-likeness (QED) is 0.722. The Bertz CT molecular complexity index is 1040. The second-order valence-electron chi connectivity index (χ2n) is 7.46. The maximum absolute atomic E-state index is 12.6. The van der Waals surface area contributed by atoms with Gasteiger partial charge in [0.15, 0.2) is 17.3 Å². The number of ketones is 1. The first-order chi connectivity index (χ1) is 12.1. The highest BCUT2D eigenvalue weighted by atomic mass is 16.5. The van der Waals surface area contributed by atoms with E-state index >= 15 is 0 Å². The van der Waals surface area contributed by atoms with Crippen molar-refractivity contribution in [2.24, 2.45) is 0 Å². The summed E-state index contributed by atoms with van der Waals surface area (Å²) in [5.74, 6) is -1.17. The molecule has 136 valence electrons. The number of phenolic OH excluding ortho intramolecular Hbond substituents is 3. The Morgan fingerprint density at radius 3 is 2.35 bits per heavy atom. The van der Waals surface area contributed by atoms with Crippen molar-refractivity contribution in [1.82, 2.24) is 0 Å². The van der Waals surface area contributed by atoms with E-state index in [-0.39, 0.29) is 33.9 Å². The van der Waals surface area contributed by atoms with Crippen molar-refractivity contribution in [1.29, 1.82) is 0 Å². The van der Waals surface area contributed by atoms with E-state index in [1.807, 2.05) is 20.8 Å². The molecule has 1 aliphatic heterocycles. The van der Waals surface area contributed by atoms with E-state index in [4.69, 9.17) is 9.47 Å². The van der Waals surface area contributed by atoms with Crippen molar-refractivity contribution in [3.63, 3.8) is 0 Å². The summed E-state index contributed by atoms with van der Waals surface area (Å²) < 4.78 is 11.2. The number of aromatic hydroxyl groups is 3. The van der Waals surface area contributed by atoms with Crippen LogP contribution in [0.2, 0.25) is 0 Å². The Morgan fingerprint density at radius 2 is 1.73 bits per heavy atom. The molecule has 1 aliphatic carbocycles. The average Bonchev–Trinajstić information content (AvgIpc) is 2.77. The maximum Gasteiger partial charge on any atom is 0.204 e. The van der Waals surface area contributed by atoms with Gasteiger partial charge in [-0.25, -0.2) is 0 Å². The smallest absolute Gasteiger partial charge is 0.204 e. The lowest BCUT2D eigenvalue weighted by molar-refractivity contribution is 0.104. The monoisotopic (exact) mass is 356 g/mol. The fourth-order valence-corrected chi connectivity index (χ4v) is 4.05. The first kappa shape index (κ1) is 16.6. The molecule has 0 bridgehead atoms. The van der Waals surface area contributed by atoms with Crippen LogP contribution in [0.3, 0.4) is 0 Å². The van der Waals surface area contributed by atoms with Gasteiger partial charge in [-0.05, 0) is 25.5 Å². The van der Waals surface area contributed by atoms with E-state index in [9.17, 15) is 20.1 Å². The lowest BCUT2D eigenvalue weighted by atomic mass is 9.76. The van der Waals surface area contributed by atoms with E-state index in [2.05, 4.69) is 0 Å². The average molecular weight is 356 g/mol. The van der Waals surface area contributed by atoms with Gasteiger partial charge in [-0.3, -0.25) is 4.79 Å². The van der Waals surface area contributed by atoms with E-state index in [0.29, 0.717) is 22.4 Å². The van der Waals surface area contributed by atoms with E-state index in [1.165, 1.54) is 13.2 Å². The molecule has 0 spiro atoms. The van der Waals surface area contributed by atoms with Gasteiger partial charge in [0.2, 0.25) is 5.75 Å². The molecule has 0 aromatic heterocycles. The highest BCUT2D eigenvalue weighted by Crippen LogP contribution is 2.60. The van der Waals surface area contributed by atoms with Crippen LogP contribution in [-0.4, -0.2) is 34.3 Å². The summed E-state index contributed by atoms with van der Waals surface area (Å²) in [7, 11) is 1.28. The molecule has 2 aliphatic rings. The van der Waals surface area contributed by atoms with Gasteiger partial charge in [0.25, 0.3) is 0 Å². The van der Waals surface area contributed by atoms with Crippen LogP contribution in [0.4, 0.5) is 0 Å². The second kappa shape index (κ2) is 4.84. The molecule has 0 amide bonds. The Kier molecular flexibility index (Phi) is 3.09. The summed E-state index contributed by atoms with van der Waals surface area (Å²) in [6.45, 7) is 7.57. The summed E-state index contributed by atoms with van der Waals surface area (Å²) in [5.41, 5.74) is 1.31. The fraction of sp³-hybridized carbons (Fsp3) is 0.350.